The zero-order valence-corrected chi connectivity index (χ0v) is 47.7. The van der Waals surface area contributed by atoms with Crippen LogP contribution in [0.25, 0.3) is 66.8 Å². The molecule has 0 nitrogen and oxygen atoms in total. The van der Waals surface area contributed by atoms with Crippen molar-refractivity contribution in [1.82, 2.24) is 0 Å². The first-order valence-corrected chi connectivity index (χ1v) is 30.7. The molecule has 0 saturated carbocycles. The van der Waals surface area contributed by atoms with Gasteiger partial charge in [-0.05, 0) is 195 Å². The van der Waals surface area contributed by atoms with Gasteiger partial charge in [0.2, 0.25) is 0 Å². The Labute approximate surface area is 458 Å². The molecule has 75 heavy (non-hydrogen) atoms. The first-order chi connectivity index (χ1) is 36.9. The van der Waals surface area contributed by atoms with Gasteiger partial charge in [-0.2, -0.15) is 0 Å². The zero-order chi connectivity index (χ0) is 52.3. The molecule has 0 aromatic heterocycles. The lowest BCUT2D eigenvalue weighted by atomic mass is 9.89. The summed E-state index contributed by atoms with van der Waals surface area (Å²) in [7, 11) is 0. The van der Waals surface area contributed by atoms with Crippen LogP contribution in [0.4, 0.5) is 0 Å². The number of benzene rings is 7. The van der Waals surface area contributed by atoms with E-state index < -0.39 is 0 Å². The second-order valence-electron chi connectivity index (χ2n) is 22.5. The van der Waals surface area contributed by atoms with Crippen LogP contribution in [0.1, 0.15) is 210 Å². The van der Waals surface area contributed by atoms with E-state index in [0.717, 1.165) is 25.7 Å². The highest BCUT2D eigenvalue weighted by Crippen LogP contribution is 2.38. The molecule has 0 aliphatic rings. The van der Waals surface area contributed by atoms with Crippen LogP contribution in [0.5, 0.6) is 0 Å². The minimum atomic E-state index is 1.16. The fourth-order valence-electron chi connectivity index (χ4n) is 11.3. The molecule has 0 spiro atoms. The van der Waals surface area contributed by atoms with Crippen LogP contribution in [0.3, 0.4) is 0 Å². The molecular weight excluding hydrogens is 901 g/mol. The molecular formula is C75H96. The Bertz CT molecular complexity index is 2340. The van der Waals surface area contributed by atoms with Crippen LogP contribution in [-0.2, 0) is 25.7 Å². The monoisotopic (exact) mass is 997 g/mol. The van der Waals surface area contributed by atoms with Crippen LogP contribution >= 0.6 is 0 Å². The Morgan fingerprint density at radius 1 is 0.187 bits per heavy atom. The SMILES string of the molecule is CCCCCCCCc1ccc(-c2cc(-c3ccc(CCCCCCCC)cc3)cc(-c3cc(C)cc(-c4cc(-c5ccc(CCCCCCCC)cc5)cc(-c5ccc(CCCCCCCC)cc5)c4)c3)c2)cc1. The Morgan fingerprint density at radius 3 is 0.573 bits per heavy atom. The number of hydrogen-bond donors (Lipinski definition) is 0. The van der Waals surface area contributed by atoms with Gasteiger partial charge in [-0.25, -0.2) is 0 Å². The van der Waals surface area contributed by atoms with E-state index >= 15 is 0 Å². The van der Waals surface area contributed by atoms with Crippen molar-refractivity contribution in [3.05, 3.63) is 179 Å². The Morgan fingerprint density at radius 2 is 0.360 bits per heavy atom. The third kappa shape index (κ3) is 19.0. The second-order valence-corrected chi connectivity index (χ2v) is 22.5. The average molecular weight is 998 g/mol. The summed E-state index contributed by atoms with van der Waals surface area (Å²) in [5.41, 5.74) is 22.4. The topological polar surface area (TPSA) is 0 Å². The van der Waals surface area contributed by atoms with Crippen LogP contribution < -0.4 is 0 Å². The Hall–Kier alpha value is -5.46. The van der Waals surface area contributed by atoms with Gasteiger partial charge in [0.05, 0.1) is 0 Å². The fraction of sp³-hybridized carbons (Fsp3) is 0.440. The molecule has 0 radical (unpaired) electrons. The third-order valence-electron chi connectivity index (χ3n) is 16.0. The number of rotatable bonds is 34. The van der Waals surface area contributed by atoms with E-state index in [2.05, 4.69) is 186 Å². The molecule has 0 amide bonds. The first kappa shape index (κ1) is 57.2. The molecule has 7 rings (SSSR count). The Kier molecular flexibility index (Phi) is 24.6. The summed E-state index contributed by atoms with van der Waals surface area (Å²) in [5.74, 6) is 0. The van der Waals surface area contributed by atoms with Crippen LogP contribution in [0.15, 0.2) is 152 Å². The predicted molar refractivity (Wildman–Crippen MR) is 332 cm³/mol. The van der Waals surface area contributed by atoms with Crippen molar-refractivity contribution in [2.75, 3.05) is 0 Å². The number of hydrogen-bond acceptors (Lipinski definition) is 0. The summed E-state index contributed by atoms with van der Waals surface area (Å²) in [5, 5.41) is 0. The lowest BCUT2D eigenvalue weighted by molar-refractivity contribution is 0.607. The van der Waals surface area contributed by atoms with Crippen LogP contribution in [0, 0.1) is 6.92 Å². The molecule has 0 aliphatic carbocycles. The van der Waals surface area contributed by atoms with Crippen molar-refractivity contribution in [2.45, 2.75) is 214 Å². The molecule has 0 N–H and O–H groups in total. The van der Waals surface area contributed by atoms with E-state index in [-0.39, 0.29) is 0 Å². The largest absolute Gasteiger partial charge is 0.0654 e. The number of aryl methyl sites for hydroxylation is 5. The van der Waals surface area contributed by atoms with Gasteiger partial charge in [0.25, 0.3) is 0 Å². The molecule has 0 heterocycles. The molecule has 0 saturated heterocycles. The molecule has 0 fully saturated rings. The molecule has 0 bridgehead atoms. The highest BCUT2D eigenvalue weighted by atomic mass is 14.2. The molecule has 7 aromatic rings. The van der Waals surface area contributed by atoms with Gasteiger partial charge in [-0.15, -0.1) is 0 Å². The van der Waals surface area contributed by atoms with Crippen molar-refractivity contribution in [3.8, 4) is 66.8 Å². The van der Waals surface area contributed by atoms with Gasteiger partial charge in [-0.1, -0.05) is 265 Å². The summed E-state index contributed by atoms with van der Waals surface area (Å²) >= 11 is 0. The second kappa shape index (κ2) is 32.2. The molecule has 0 unspecified atom stereocenters. The maximum Gasteiger partial charge on any atom is -0.0171 e. The average Bonchev–Trinajstić information content (AvgIpc) is 3.45. The summed E-state index contributed by atoms with van der Waals surface area (Å²) < 4.78 is 0. The van der Waals surface area contributed by atoms with Crippen LogP contribution in [0.2, 0.25) is 0 Å². The first-order valence-electron chi connectivity index (χ1n) is 30.7. The molecule has 0 aliphatic heterocycles. The summed E-state index contributed by atoms with van der Waals surface area (Å²) in [6.45, 7) is 11.5. The quantitative estimate of drug-likeness (QED) is 0.0353. The van der Waals surface area contributed by atoms with Gasteiger partial charge in [0.15, 0.2) is 0 Å². The third-order valence-corrected chi connectivity index (χ3v) is 16.0. The standard InChI is InChI=1S/C75H96/c1-6-10-14-18-22-26-30-60-34-42-64(43-35-60)70-53-71(65-44-36-61(37-45-65)31-27-23-19-15-11-7-2)56-74(55-70)68-50-59(5)51-69(52-68)75-57-72(66-46-38-62(39-47-66)32-28-24-20-16-12-8-3)54-73(58-75)67-48-40-63(41-49-67)33-29-25-21-17-13-9-4/h34-58H,6-33H2,1-5H3. The summed E-state index contributed by atoms with van der Waals surface area (Å²) in [6.07, 6.45) is 36.6. The lowest BCUT2D eigenvalue weighted by Crippen LogP contribution is -1.91. The molecule has 396 valence electrons. The van der Waals surface area contributed by atoms with E-state index in [1.807, 2.05) is 0 Å². The predicted octanol–water partition coefficient (Wildman–Crippen LogP) is 23.6. The Balaban J connectivity index is 1.21. The zero-order valence-electron chi connectivity index (χ0n) is 47.7. The van der Waals surface area contributed by atoms with Gasteiger partial charge in [0, 0.05) is 0 Å². The molecule has 0 atom stereocenters. The van der Waals surface area contributed by atoms with E-state index in [1.165, 1.54) is 249 Å². The normalized spacial score (nSPS) is 11.4. The van der Waals surface area contributed by atoms with Crippen molar-refractivity contribution >= 4 is 0 Å². The van der Waals surface area contributed by atoms with Crippen molar-refractivity contribution in [2.24, 2.45) is 0 Å². The minimum Gasteiger partial charge on any atom is -0.0654 e. The smallest absolute Gasteiger partial charge is 0.0171 e. The van der Waals surface area contributed by atoms with E-state index in [9.17, 15) is 0 Å². The fourth-order valence-corrected chi connectivity index (χ4v) is 11.3. The van der Waals surface area contributed by atoms with E-state index in [0.29, 0.717) is 0 Å². The van der Waals surface area contributed by atoms with Gasteiger partial charge in [0.1, 0.15) is 0 Å². The van der Waals surface area contributed by atoms with E-state index in [4.69, 9.17) is 0 Å². The highest BCUT2D eigenvalue weighted by Gasteiger charge is 2.14. The van der Waals surface area contributed by atoms with Crippen molar-refractivity contribution in [1.29, 1.82) is 0 Å². The van der Waals surface area contributed by atoms with Crippen LogP contribution in [-0.4, -0.2) is 0 Å². The summed E-state index contributed by atoms with van der Waals surface area (Å²) in [4.78, 5) is 0. The van der Waals surface area contributed by atoms with Gasteiger partial charge >= 0.3 is 0 Å². The lowest BCUT2D eigenvalue weighted by Gasteiger charge is -2.16. The maximum absolute atomic E-state index is 2.46. The van der Waals surface area contributed by atoms with Crippen molar-refractivity contribution in [3.63, 3.8) is 0 Å². The van der Waals surface area contributed by atoms with E-state index in [1.54, 1.807) is 0 Å². The molecule has 0 heteroatoms. The minimum absolute atomic E-state index is 1.16. The maximum atomic E-state index is 2.46. The van der Waals surface area contributed by atoms with Gasteiger partial charge < -0.3 is 0 Å². The van der Waals surface area contributed by atoms with Gasteiger partial charge in [-0.3, -0.25) is 0 Å². The highest BCUT2D eigenvalue weighted by molar-refractivity contribution is 5.86. The molecule has 7 aromatic carbocycles. The number of unbranched alkanes of at least 4 members (excludes halogenated alkanes) is 20. The van der Waals surface area contributed by atoms with Crippen molar-refractivity contribution < 1.29 is 0 Å². The summed E-state index contributed by atoms with van der Waals surface area (Å²) in [6, 6.07) is 59.9.